The number of nitrogens with zero attached hydrogens (tertiary/aromatic N) is 5. The largest absolute Gasteiger partial charge is 0.342 e. The van der Waals surface area contributed by atoms with E-state index in [4.69, 9.17) is 15.8 Å². The van der Waals surface area contributed by atoms with Gasteiger partial charge in [0.05, 0.1) is 30.5 Å². The van der Waals surface area contributed by atoms with Crippen LogP contribution < -0.4 is 15.1 Å². The lowest BCUT2D eigenvalue weighted by Crippen LogP contribution is -2.56. The molecule has 1 fully saturated rings. The summed E-state index contributed by atoms with van der Waals surface area (Å²) in [4.78, 5) is 17.2. The number of amidine groups is 1. The minimum absolute atomic E-state index is 0.0802. The maximum atomic E-state index is 8.61. The van der Waals surface area contributed by atoms with Crippen LogP contribution in [0.15, 0.2) is 30.7 Å². The molecular weight excluding hydrogens is 340 g/mol. The number of nitrogens with one attached hydrogen (secondary N) is 3. The molecule has 3 N–H and O–H groups in total. The highest BCUT2D eigenvalue weighted by atomic mass is 15.4. The number of fused-ring (bicyclic) bond motifs is 1. The molecule has 2 aliphatic rings. The third-order valence-electron chi connectivity index (χ3n) is 5.32. The number of pyridine rings is 1. The molecule has 0 radical (unpaired) electrons. The molecule has 3 heterocycles. The first-order chi connectivity index (χ1) is 13.2. The molecule has 0 bridgehead atoms. The van der Waals surface area contributed by atoms with E-state index >= 15 is 0 Å². The molecule has 0 spiro atoms. The fourth-order valence-corrected chi connectivity index (χ4v) is 4.06. The summed E-state index contributed by atoms with van der Waals surface area (Å²) in [5, 5.41) is 19.6. The van der Waals surface area contributed by atoms with Gasteiger partial charge in [0.2, 0.25) is 5.95 Å². The van der Waals surface area contributed by atoms with Gasteiger partial charge in [0, 0.05) is 12.2 Å². The third kappa shape index (κ3) is 3.11. The number of aromatic nitrogens is 3. The molecule has 0 aromatic carbocycles. The van der Waals surface area contributed by atoms with Crippen molar-refractivity contribution in [1.29, 1.82) is 10.8 Å². The molecule has 1 atom stereocenters. The van der Waals surface area contributed by atoms with Gasteiger partial charge in [-0.15, -0.1) is 0 Å². The van der Waals surface area contributed by atoms with Gasteiger partial charge in [0.15, 0.2) is 5.82 Å². The molecule has 2 aromatic heterocycles. The topological polar surface area (TPSA) is 105 Å². The lowest BCUT2D eigenvalue weighted by molar-refractivity contribution is 0.548. The second-order valence-corrected chi connectivity index (χ2v) is 6.92. The van der Waals surface area contributed by atoms with Crippen LogP contribution in [0.2, 0.25) is 0 Å². The van der Waals surface area contributed by atoms with Crippen molar-refractivity contribution < 1.29 is 0 Å². The Bertz CT molecular complexity index is 831. The van der Waals surface area contributed by atoms with Gasteiger partial charge in [-0.25, -0.2) is 4.98 Å². The Hall–Kier alpha value is -3.03. The van der Waals surface area contributed by atoms with Crippen LogP contribution in [0, 0.1) is 10.8 Å². The van der Waals surface area contributed by atoms with Gasteiger partial charge in [-0.3, -0.25) is 20.7 Å². The first-order valence-electron chi connectivity index (χ1n) is 9.43. The Morgan fingerprint density at radius 1 is 1.30 bits per heavy atom. The van der Waals surface area contributed by atoms with Crippen LogP contribution in [0.5, 0.6) is 0 Å². The van der Waals surface area contributed by atoms with Crippen LogP contribution in [0.3, 0.4) is 0 Å². The molecule has 4 rings (SSSR count). The molecule has 2 aromatic rings. The summed E-state index contributed by atoms with van der Waals surface area (Å²) in [7, 11) is 0. The molecule has 8 heteroatoms. The summed E-state index contributed by atoms with van der Waals surface area (Å²) < 4.78 is 0. The van der Waals surface area contributed by atoms with E-state index < -0.39 is 0 Å². The summed E-state index contributed by atoms with van der Waals surface area (Å²) in [6, 6.07) is 4.07. The minimum atomic E-state index is -0.0802. The zero-order valence-corrected chi connectivity index (χ0v) is 15.4. The van der Waals surface area contributed by atoms with Gasteiger partial charge in [0.1, 0.15) is 11.5 Å². The molecule has 1 saturated carbocycles. The third-order valence-corrected chi connectivity index (χ3v) is 5.32. The maximum Gasteiger partial charge on any atom is 0.229 e. The van der Waals surface area contributed by atoms with Gasteiger partial charge in [0.25, 0.3) is 0 Å². The van der Waals surface area contributed by atoms with E-state index in [1.54, 1.807) is 23.5 Å². The van der Waals surface area contributed by atoms with Gasteiger partial charge >= 0.3 is 0 Å². The molecule has 0 amide bonds. The smallest absolute Gasteiger partial charge is 0.229 e. The molecule has 140 valence electrons. The average Bonchev–Trinajstić information content (AvgIpc) is 3.22. The van der Waals surface area contributed by atoms with Gasteiger partial charge in [-0.05, 0) is 31.4 Å². The Balaban J connectivity index is 1.77. The molecule has 1 unspecified atom stereocenters. The predicted octanol–water partition coefficient (Wildman–Crippen LogP) is 3.55. The Labute approximate surface area is 158 Å². The SMILES string of the molecule is CCC1C(=N)N(C=N)c2cnc(Nc3cccnc3)nc2N1C1CCCC1. The second kappa shape index (κ2) is 7.30. The fraction of sp³-hybridized carbons (Fsp3) is 0.421. The van der Waals surface area contributed by atoms with E-state index in [-0.39, 0.29) is 6.04 Å². The van der Waals surface area contributed by atoms with Crippen molar-refractivity contribution in [2.24, 2.45) is 0 Å². The van der Waals surface area contributed by atoms with Gasteiger partial charge in [-0.2, -0.15) is 4.98 Å². The fourth-order valence-electron chi connectivity index (χ4n) is 4.06. The van der Waals surface area contributed by atoms with Crippen molar-refractivity contribution in [1.82, 2.24) is 15.0 Å². The Morgan fingerprint density at radius 3 is 2.78 bits per heavy atom. The van der Waals surface area contributed by atoms with E-state index in [1.165, 1.54) is 19.2 Å². The van der Waals surface area contributed by atoms with E-state index in [0.29, 0.717) is 23.5 Å². The highest BCUT2D eigenvalue weighted by Crippen LogP contribution is 2.40. The van der Waals surface area contributed by atoms with Crippen molar-refractivity contribution >= 4 is 35.3 Å². The highest BCUT2D eigenvalue weighted by Gasteiger charge is 2.40. The standard InChI is InChI=1S/C19H24N8/c1-2-15-17(21)26(12-20)16-11-23-19(24-13-6-5-9-22-10-13)25-18(16)27(15)14-7-3-4-8-14/h5-6,9-12,14-15,20-21H,2-4,7-8H2,1H3,(H,23,24,25). The zero-order chi connectivity index (χ0) is 18.8. The number of hydrogen-bond donors (Lipinski definition) is 3. The van der Waals surface area contributed by atoms with Crippen molar-refractivity contribution in [2.75, 3.05) is 15.1 Å². The first-order valence-corrected chi connectivity index (χ1v) is 9.43. The average molecular weight is 364 g/mol. The van der Waals surface area contributed by atoms with E-state index in [9.17, 15) is 0 Å². The molecule has 0 saturated heterocycles. The van der Waals surface area contributed by atoms with E-state index in [2.05, 4.69) is 27.1 Å². The van der Waals surface area contributed by atoms with E-state index in [1.807, 2.05) is 12.1 Å². The summed E-state index contributed by atoms with van der Waals surface area (Å²) in [6.45, 7) is 2.09. The monoisotopic (exact) mass is 364 g/mol. The molecule has 8 nitrogen and oxygen atoms in total. The molecule has 1 aliphatic carbocycles. The van der Waals surface area contributed by atoms with Crippen LogP contribution in [-0.4, -0.2) is 39.2 Å². The summed E-state index contributed by atoms with van der Waals surface area (Å²) in [6.07, 6.45) is 11.8. The Morgan fingerprint density at radius 2 is 2.11 bits per heavy atom. The predicted molar refractivity (Wildman–Crippen MR) is 107 cm³/mol. The van der Waals surface area contributed by atoms with Crippen molar-refractivity contribution in [2.45, 2.75) is 51.1 Å². The zero-order valence-electron chi connectivity index (χ0n) is 15.4. The van der Waals surface area contributed by atoms with Crippen LogP contribution in [0.4, 0.5) is 23.1 Å². The second-order valence-electron chi connectivity index (χ2n) is 6.92. The van der Waals surface area contributed by atoms with Crippen molar-refractivity contribution in [3.8, 4) is 0 Å². The molecular formula is C19H24N8. The normalized spacial score (nSPS) is 19.9. The van der Waals surface area contributed by atoms with E-state index in [0.717, 1.165) is 30.8 Å². The first kappa shape index (κ1) is 17.4. The lowest BCUT2D eigenvalue weighted by Gasteiger charge is -2.44. The van der Waals surface area contributed by atoms with Crippen LogP contribution in [0.25, 0.3) is 0 Å². The van der Waals surface area contributed by atoms with Crippen LogP contribution in [-0.2, 0) is 0 Å². The van der Waals surface area contributed by atoms with Crippen LogP contribution in [0.1, 0.15) is 39.0 Å². The summed E-state index contributed by atoms with van der Waals surface area (Å²) >= 11 is 0. The highest BCUT2D eigenvalue weighted by molar-refractivity contribution is 6.16. The molecule has 1 aliphatic heterocycles. The van der Waals surface area contributed by atoms with Crippen LogP contribution >= 0.6 is 0 Å². The minimum Gasteiger partial charge on any atom is -0.342 e. The lowest BCUT2D eigenvalue weighted by atomic mass is 10.0. The molecule has 27 heavy (non-hydrogen) atoms. The summed E-state index contributed by atoms with van der Waals surface area (Å²) in [5.41, 5.74) is 1.52. The quantitative estimate of drug-likeness (QED) is 0.553. The van der Waals surface area contributed by atoms with Gasteiger partial charge in [-0.1, -0.05) is 19.8 Å². The maximum absolute atomic E-state index is 8.61. The number of hydrogen-bond acceptors (Lipinski definition) is 7. The number of rotatable bonds is 5. The van der Waals surface area contributed by atoms with Crippen molar-refractivity contribution in [3.63, 3.8) is 0 Å². The number of anilines is 4. The van der Waals surface area contributed by atoms with Gasteiger partial charge < -0.3 is 10.2 Å². The summed E-state index contributed by atoms with van der Waals surface area (Å²) in [5.74, 6) is 1.72. The Kier molecular flexibility index (Phi) is 4.70. The van der Waals surface area contributed by atoms with Crippen molar-refractivity contribution in [3.05, 3.63) is 30.7 Å².